The molecule has 1 aliphatic heterocycles. The summed E-state index contributed by atoms with van der Waals surface area (Å²) in [6.45, 7) is 3.39. The molecule has 0 saturated carbocycles. The van der Waals surface area contributed by atoms with Crippen molar-refractivity contribution in [3.63, 3.8) is 0 Å². The van der Waals surface area contributed by atoms with Gasteiger partial charge in [-0.3, -0.25) is 14.6 Å². The number of imidazole rings is 1. The van der Waals surface area contributed by atoms with Crippen LogP contribution in [0.1, 0.15) is 52.3 Å². The highest BCUT2D eigenvalue weighted by atomic mass is 35.5. The van der Waals surface area contributed by atoms with E-state index in [0.717, 1.165) is 33.4 Å². The Balaban J connectivity index is 1.14. The number of nitrogens with one attached hydrogen (secondary N) is 3. The van der Waals surface area contributed by atoms with Crippen molar-refractivity contribution in [2.45, 2.75) is 31.8 Å². The SMILES string of the molecule is C[C@@H](c1ccc(Cl)cc1)n1cnc(-c2ccccc2)c1-c1c(C(=O)Nc2cccnc2N2CCC(NC(=O)c3ccccn3)CC2)[nH]c2cc(Cl)ccc12. The van der Waals surface area contributed by atoms with Crippen LogP contribution in [0.25, 0.3) is 33.4 Å². The number of aromatic nitrogens is 5. The molecule has 1 fully saturated rings. The maximum atomic E-state index is 14.6. The standard InChI is InChI=1S/C42H36Cl2N8O2/c1-26(27-12-14-29(43)15-13-27)52-25-47-37(28-8-3-2-4-9-28)39(52)36-32-17-16-30(44)24-35(32)49-38(36)42(54)50-33-11-7-21-46-40(33)51-22-18-31(19-23-51)48-41(53)34-10-5-6-20-45-34/h2-17,20-21,24-26,31,49H,18-19,22-23H2,1H3,(H,48,53)(H,50,54)/t26-/m0/s1. The number of rotatable bonds is 9. The largest absolute Gasteiger partial charge is 0.355 e. The van der Waals surface area contributed by atoms with E-state index in [0.29, 0.717) is 64.4 Å². The van der Waals surface area contributed by atoms with Crippen molar-refractivity contribution in [3.8, 4) is 22.5 Å². The number of H-pyrrole nitrogens is 1. The van der Waals surface area contributed by atoms with E-state index < -0.39 is 0 Å². The van der Waals surface area contributed by atoms with Gasteiger partial charge in [0, 0.05) is 63.6 Å². The number of piperidine rings is 1. The average molecular weight is 756 g/mol. The van der Waals surface area contributed by atoms with Crippen molar-refractivity contribution in [1.29, 1.82) is 0 Å². The fourth-order valence-corrected chi connectivity index (χ4v) is 7.42. The predicted octanol–water partition coefficient (Wildman–Crippen LogP) is 9.06. The number of benzene rings is 3. The van der Waals surface area contributed by atoms with Gasteiger partial charge in [-0.2, -0.15) is 0 Å². The second kappa shape index (κ2) is 15.2. The van der Waals surface area contributed by atoms with E-state index in [1.165, 1.54) is 0 Å². The fourth-order valence-electron chi connectivity index (χ4n) is 7.12. The monoisotopic (exact) mass is 754 g/mol. The first kappa shape index (κ1) is 35.1. The molecule has 0 spiro atoms. The van der Waals surface area contributed by atoms with Gasteiger partial charge in [0.05, 0.1) is 29.4 Å². The first-order valence-corrected chi connectivity index (χ1v) is 18.5. The van der Waals surface area contributed by atoms with Crippen molar-refractivity contribution in [1.82, 2.24) is 29.8 Å². The van der Waals surface area contributed by atoms with Crippen LogP contribution in [-0.2, 0) is 0 Å². The second-order valence-corrected chi connectivity index (χ2v) is 14.2. The summed E-state index contributed by atoms with van der Waals surface area (Å²) < 4.78 is 2.10. The summed E-state index contributed by atoms with van der Waals surface area (Å²) in [6.07, 6.45) is 6.59. The molecule has 270 valence electrons. The van der Waals surface area contributed by atoms with Crippen LogP contribution in [0.3, 0.4) is 0 Å². The van der Waals surface area contributed by atoms with Gasteiger partial charge >= 0.3 is 0 Å². The number of halogens is 2. The van der Waals surface area contributed by atoms with Crippen molar-refractivity contribution < 1.29 is 9.59 Å². The van der Waals surface area contributed by atoms with Gasteiger partial charge in [-0.25, -0.2) is 9.97 Å². The molecule has 5 heterocycles. The minimum atomic E-state index is -0.338. The number of pyridine rings is 2. The fraction of sp³-hybridized carbons (Fsp3) is 0.167. The third-order valence-electron chi connectivity index (χ3n) is 9.90. The zero-order chi connectivity index (χ0) is 37.2. The van der Waals surface area contributed by atoms with Crippen LogP contribution in [0.2, 0.25) is 10.0 Å². The maximum absolute atomic E-state index is 14.6. The van der Waals surface area contributed by atoms with Gasteiger partial charge in [0.25, 0.3) is 11.8 Å². The van der Waals surface area contributed by atoms with Gasteiger partial charge in [0.1, 0.15) is 11.4 Å². The second-order valence-electron chi connectivity index (χ2n) is 13.3. The number of carbonyl (C=O) groups excluding carboxylic acids is 2. The zero-order valence-electron chi connectivity index (χ0n) is 29.3. The van der Waals surface area contributed by atoms with Gasteiger partial charge in [-0.15, -0.1) is 0 Å². The van der Waals surface area contributed by atoms with Crippen LogP contribution in [0, 0.1) is 0 Å². The molecule has 10 nitrogen and oxygen atoms in total. The normalized spacial score (nSPS) is 13.9. The number of nitrogens with zero attached hydrogens (tertiary/aromatic N) is 5. The van der Waals surface area contributed by atoms with E-state index in [1.807, 2.05) is 85.2 Å². The molecule has 0 radical (unpaired) electrons. The number of carbonyl (C=O) groups is 2. The van der Waals surface area contributed by atoms with E-state index in [2.05, 4.69) is 37.0 Å². The molecule has 1 saturated heterocycles. The molecule has 54 heavy (non-hydrogen) atoms. The minimum Gasteiger partial charge on any atom is -0.355 e. The Morgan fingerprint density at radius 2 is 1.56 bits per heavy atom. The summed E-state index contributed by atoms with van der Waals surface area (Å²) >= 11 is 12.8. The summed E-state index contributed by atoms with van der Waals surface area (Å²) in [5.74, 6) is 0.136. The van der Waals surface area contributed by atoms with Crippen LogP contribution < -0.4 is 15.5 Å². The molecule has 3 aromatic carbocycles. The summed E-state index contributed by atoms with van der Waals surface area (Å²) in [5, 5.41) is 8.32. The zero-order valence-corrected chi connectivity index (χ0v) is 30.9. The van der Waals surface area contributed by atoms with E-state index in [1.54, 1.807) is 36.7 Å². The lowest BCUT2D eigenvalue weighted by Gasteiger charge is -2.34. The van der Waals surface area contributed by atoms with E-state index in [-0.39, 0.29) is 23.9 Å². The molecule has 0 bridgehead atoms. The molecule has 1 atom stereocenters. The van der Waals surface area contributed by atoms with Crippen LogP contribution in [0.5, 0.6) is 0 Å². The maximum Gasteiger partial charge on any atom is 0.272 e. The Kier molecular flexibility index (Phi) is 9.86. The topological polar surface area (TPSA) is 121 Å². The Morgan fingerprint density at radius 3 is 2.31 bits per heavy atom. The highest BCUT2D eigenvalue weighted by Gasteiger charge is 2.29. The summed E-state index contributed by atoms with van der Waals surface area (Å²) in [5.41, 5.74) is 6.22. The number of aromatic amines is 1. The number of hydrogen-bond donors (Lipinski definition) is 3. The quantitative estimate of drug-likeness (QED) is 0.135. The molecule has 0 aliphatic carbocycles. The lowest BCUT2D eigenvalue weighted by molar-refractivity contribution is 0.0925. The van der Waals surface area contributed by atoms with Crippen LogP contribution in [0.4, 0.5) is 11.5 Å². The first-order valence-electron chi connectivity index (χ1n) is 17.8. The van der Waals surface area contributed by atoms with Gasteiger partial charge in [0.15, 0.2) is 5.82 Å². The Bertz CT molecular complexity index is 2440. The summed E-state index contributed by atoms with van der Waals surface area (Å²) in [7, 11) is 0. The molecule has 8 rings (SSSR count). The van der Waals surface area contributed by atoms with Crippen molar-refractivity contribution in [2.24, 2.45) is 0 Å². The number of amides is 2. The third-order valence-corrected chi connectivity index (χ3v) is 10.4. The van der Waals surface area contributed by atoms with Crippen LogP contribution in [0.15, 0.2) is 122 Å². The molecule has 12 heteroatoms. The lowest BCUT2D eigenvalue weighted by Crippen LogP contribution is -2.45. The third kappa shape index (κ3) is 7.05. The molecule has 4 aromatic heterocycles. The van der Waals surface area contributed by atoms with Crippen molar-refractivity contribution >= 4 is 57.4 Å². The van der Waals surface area contributed by atoms with E-state index in [9.17, 15) is 9.59 Å². The molecule has 0 unspecified atom stereocenters. The highest BCUT2D eigenvalue weighted by molar-refractivity contribution is 6.31. The molecular formula is C42H36Cl2N8O2. The van der Waals surface area contributed by atoms with Crippen molar-refractivity contribution in [3.05, 3.63) is 149 Å². The Labute approximate surface area is 322 Å². The van der Waals surface area contributed by atoms with Crippen LogP contribution >= 0.6 is 23.2 Å². The Morgan fingerprint density at radius 1 is 0.815 bits per heavy atom. The molecule has 7 aromatic rings. The minimum absolute atomic E-state index is 0.00262. The summed E-state index contributed by atoms with van der Waals surface area (Å²) in [6, 6.07) is 32.1. The lowest BCUT2D eigenvalue weighted by atomic mass is 9.99. The molecule has 1 aliphatic rings. The average Bonchev–Trinajstić information content (AvgIpc) is 3.81. The van der Waals surface area contributed by atoms with E-state index in [4.69, 9.17) is 33.2 Å². The molecule has 2 amide bonds. The molecular weight excluding hydrogens is 719 g/mol. The predicted molar refractivity (Wildman–Crippen MR) is 214 cm³/mol. The van der Waals surface area contributed by atoms with Crippen molar-refractivity contribution in [2.75, 3.05) is 23.3 Å². The van der Waals surface area contributed by atoms with E-state index >= 15 is 0 Å². The first-order chi connectivity index (χ1) is 26.3. The van der Waals surface area contributed by atoms with Crippen LogP contribution in [-0.4, -0.2) is 55.4 Å². The molecule has 3 N–H and O–H groups in total. The summed E-state index contributed by atoms with van der Waals surface area (Å²) in [4.78, 5) is 46.8. The van der Waals surface area contributed by atoms with Gasteiger partial charge in [-0.05, 0) is 73.9 Å². The highest BCUT2D eigenvalue weighted by Crippen LogP contribution is 2.42. The smallest absolute Gasteiger partial charge is 0.272 e. The van der Waals surface area contributed by atoms with Gasteiger partial charge in [0.2, 0.25) is 0 Å². The number of hydrogen-bond acceptors (Lipinski definition) is 6. The number of anilines is 2. The Hall–Kier alpha value is -5.97. The van der Waals surface area contributed by atoms with Gasteiger partial charge in [-0.1, -0.05) is 77.8 Å². The van der Waals surface area contributed by atoms with Gasteiger partial charge < -0.3 is 25.1 Å². The number of fused-ring (bicyclic) bond motifs is 1.